The average Bonchev–Trinajstić information content (AvgIpc) is 2.73. The Morgan fingerprint density at radius 3 is 2.82 bits per heavy atom. The van der Waals surface area contributed by atoms with Gasteiger partial charge in [0.25, 0.3) is 5.91 Å². The number of amidine groups is 1. The van der Waals surface area contributed by atoms with Crippen LogP contribution in [0.3, 0.4) is 0 Å². The topological polar surface area (TPSA) is 92.1 Å². The highest BCUT2D eigenvalue weighted by atomic mass is 16.4. The number of oxime groups is 1. The molecule has 0 radical (unpaired) electrons. The van der Waals surface area contributed by atoms with Crippen LogP contribution < -0.4 is 5.73 Å². The van der Waals surface area contributed by atoms with E-state index in [2.05, 4.69) is 5.16 Å². The number of carbonyl (C=O) groups is 1. The number of carbonyl (C=O) groups excluding carboxylic acids is 1. The molecule has 17 heavy (non-hydrogen) atoms. The van der Waals surface area contributed by atoms with Gasteiger partial charge in [0.05, 0.1) is 6.26 Å². The van der Waals surface area contributed by atoms with E-state index < -0.39 is 0 Å². The molecule has 0 saturated carbocycles. The zero-order chi connectivity index (χ0) is 13.0. The number of hydrogen-bond donors (Lipinski definition) is 2. The van der Waals surface area contributed by atoms with E-state index in [1.807, 2.05) is 6.92 Å². The second-order valence-electron chi connectivity index (χ2n) is 3.99. The minimum Gasteiger partial charge on any atom is -0.459 e. The molecule has 3 N–H and O–H groups in total. The number of nitrogens with zero attached hydrogens (tertiary/aromatic N) is 2. The monoisotopic (exact) mass is 239 g/mol. The smallest absolute Gasteiger partial charge is 0.289 e. The molecule has 6 nitrogen and oxygen atoms in total. The van der Waals surface area contributed by atoms with Crippen LogP contribution in [0.4, 0.5) is 0 Å². The third-order valence-corrected chi connectivity index (χ3v) is 2.67. The van der Waals surface area contributed by atoms with Crippen LogP contribution in [0.15, 0.2) is 21.9 Å². The molecule has 0 spiro atoms. The summed E-state index contributed by atoms with van der Waals surface area (Å²) in [5.41, 5.74) is 6.19. The molecule has 6 heteroatoms. The lowest BCUT2D eigenvalue weighted by Gasteiger charge is -2.23. The molecule has 0 aliphatic carbocycles. The van der Waals surface area contributed by atoms with Crippen molar-refractivity contribution in [3.05, 3.63) is 23.7 Å². The summed E-state index contributed by atoms with van der Waals surface area (Å²) in [6.07, 6.45) is 1.78. The zero-order valence-electron chi connectivity index (χ0n) is 10.2. The van der Waals surface area contributed by atoms with Gasteiger partial charge in [-0.3, -0.25) is 4.79 Å². The number of hydrogen-bond acceptors (Lipinski definition) is 4. The third-order valence-electron chi connectivity index (χ3n) is 2.67. The first-order valence-electron chi connectivity index (χ1n) is 5.25. The van der Waals surface area contributed by atoms with Gasteiger partial charge in [-0.2, -0.15) is 0 Å². The van der Waals surface area contributed by atoms with Gasteiger partial charge in [-0.25, -0.2) is 0 Å². The van der Waals surface area contributed by atoms with Gasteiger partial charge < -0.3 is 20.3 Å². The maximum Gasteiger partial charge on any atom is 0.289 e. The number of furan rings is 1. The largest absolute Gasteiger partial charge is 0.459 e. The van der Waals surface area contributed by atoms with E-state index in [-0.39, 0.29) is 17.8 Å². The Morgan fingerprint density at radius 2 is 2.35 bits per heavy atom. The van der Waals surface area contributed by atoms with Crippen molar-refractivity contribution in [1.82, 2.24) is 4.90 Å². The Morgan fingerprint density at radius 1 is 1.71 bits per heavy atom. The quantitative estimate of drug-likeness (QED) is 0.357. The predicted octanol–water partition coefficient (Wildman–Crippen LogP) is 1.19. The molecule has 0 bridgehead atoms. The number of amides is 1. The van der Waals surface area contributed by atoms with Crippen LogP contribution in [-0.2, 0) is 0 Å². The van der Waals surface area contributed by atoms with Crippen LogP contribution in [0, 0.1) is 6.92 Å². The molecule has 1 aromatic rings. The van der Waals surface area contributed by atoms with Gasteiger partial charge in [-0.1, -0.05) is 5.16 Å². The second kappa shape index (κ2) is 5.38. The van der Waals surface area contributed by atoms with Crippen LogP contribution in [0.25, 0.3) is 0 Å². The van der Waals surface area contributed by atoms with Crippen LogP contribution >= 0.6 is 0 Å². The summed E-state index contributed by atoms with van der Waals surface area (Å²) in [7, 11) is 1.65. The summed E-state index contributed by atoms with van der Waals surface area (Å²) >= 11 is 0. The third kappa shape index (κ3) is 2.99. The van der Waals surface area contributed by atoms with Crippen molar-refractivity contribution >= 4 is 11.7 Å². The highest BCUT2D eigenvalue weighted by Gasteiger charge is 2.22. The highest BCUT2D eigenvalue weighted by molar-refractivity contribution is 5.93. The standard InChI is InChI=1S/C11H17N3O3/c1-7-4-5-17-10(7)11(15)14(3)8(2)6-9(12)13-16/h4-5,8,16H,6H2,1-3H3,(H2,12,13). The first kappa shape index (κ1) is 13.1. The normalized spacial score (nSPS) is 13.5. The molecule has 0 aliphatic rings. The van der Waals surface area contributed by atoms with E-state index in [0.29, 0.717) is 12.2 Å². The average molecular weight is 239 g/mol. The summed E-state index contributed by atoms with van der Waals surface area (Å²) in [5, 5.41) is 11.4. The molecule has 1 amide bonds. The molecule has 94 valence electrons. The fourth-order valence-corrected chi connectivity index (χ4v) is 1.43. The van der Waals surface area contributed by atoms with Crippen LogP contribution in [0.5, 0.6) is 0 Å². The van der Waals surface area contributed by atoms with Gasteiger partial charge >= 0.3 is 0 Å². The lowest BCUT2D eigenvalue weighted by molar-refractivity contribution is 0.0714. The molecule has 0 saturated heterocycles. The van der Waals surface area contributed by atoms with Crippen molar-refractivity contribution < 1.29 is 14.4 Å². The maximum absolute atomic E-state index is 12.0. The minimum absolute atomic E-state index is 0.0910. The maximum atomic E-state index is 12.0. The van der Waals surface area contributed by atoms with E-state index in [4.69, 9.17) is 15.4 Å². The fraction of sp³-hybridized carbons (Fsp3) is 0.455. The first-order chi connectivity index (χ1) is 7.97. The summed E-state index contributed by atoms with van der Waals surface area (Å²) in [5.74, 6) is 0.193. The van der Waals surface area contributed by atoms with Gasteiger partial charge in [0, 0.05) is 25.1 Å². The molecule has 1 heterocycles. The Balaban J connectivity index is 2.73. The first-order valence-corrected chi connectivity index (χ1v) is 5.25. The summed E-state index contributed by atoms with van der Waals surface area (Å²) in [4.78, 5) is 13.5. The predicted molar refractivity (Wildman–Crippen MR) is 63.0 cm³/mol. The van der Waals surface area contributed by atoms with Crippen molar-refractivity contribution in [1.29, 1.82) is 0 Å². The van der Waals surface area contributed by atoms with Crippen LogP contribution in [-0.4, -0.2) is 34.9 Å². The lowest BCUT2D eigenvalue weighted by atomic mass is 10.1. The molecular formula is C11H17N3O3. The molecule has 1 unspecified atom stereocenters. The van der Waals surface area contributed by atoms with Gasteiger partial charge in [-0.15, -0.1) is 0 Å². The Hall–Kier alpha value is -1.98. The van der Waals surface area contributed by atoms with E-state index in [1.165, 1.54) is 11.2 Å². The number of aryl methyl sites for hydroxylation is 1. The number of nitrogens with two attached hydrogens (primary N) is 1. The van der Waals surface area contributed by atoms with Crippen molar-refractivity contribution in [2.75, 3.05) is 7.05 Å². The Bertz CT molecular complexity index is 425. The van der Waals surface area contributed by atoms with Crippen LogP contribution in [0.1, 0.15) is 29.5 Å². The molecule has 1 atom stereocenters. The van der Waals surface area contributed by atoms with Gasteiger partial charge in [-0.05, 0) is 19.9 Å². The van der Waals surface area contributed by atoms with Crippen molar-refractivity contribution in [3.63, 3.8) is 0 Å². The Kier molecular flexibility index (Phi) is 4.14. The van der Waals surface area contributed by atoms with Crippen molar-refractivity contribution in [3.8, 4) is 0 Å². The molecule has 0 aromatic carbocycles. The molecular weight excluding hydrogens is 222 g/mol. The highest BCUT2D eigenvalue weighted by Crippen LogP contribution is 2.13. The van der Waals surface area contributed by atoms with Gasteiger partial charge in [0.1, 0.15) is 5.84 Å². The van der Waals surface area contributed by atoms with E-state index >= 15 is 0 Å². The van der Waals surface area contributed by atoms with Gasteiger partial charge in [0.2, 0.25) is 0 Å². The van der Waals surface area contributed by atoms with Crippen molar-refractivity contribution in [2.24, 2.45) is 10.9 Å². The second-order valence-corrected chi connectivity index (χ2v) is 3.99. The number of rotatable bonds is 4. The van der Waals surface area contributed by atoms with Crippen molar-refractivity contribution in [2.45, 2.75) is 26.3 Å². The van der Waals surface area contributed by atoms with E-state index in [0.717, 1.165) is 5.56 Å². The SMILES string of the molecule is Cc1ccoc1C(=O)N(C)C(C)CC(N)=NO. The lowest BCUT2D eigenvalue weighted by Crippen LogP contribution is -2.37. The van der Waals surface area contributed by atoms with E-state index in [1.54, 1.807) is 20.0 Å². The zero-order valence-corrected chi connectivity index (χ0v) is 10.2. The molecule has 0 aliphatic heterocycles. The molecule has 0 fully saturated rings. The van der Waals surface area contributed by atoms with E-state index in [9.17, 15) is 4.79 Å². The Labute approximate surface area is 99.7 Å². The molecule has 1 aromatic heterocycles. The molecule has 1 rings (SSSR count). The summed E-state index contributed by atoms with van der Waals surface area (Å²) < 4.78 is 5.13. The summed E-state index contributed by atoms with van der Waals surface area (Å²) in [6.45, 7) is 3.62. The van der Waals surface area contributed by atoms with Gasteiger partial charge in [0.15, 0.2) is 5.76 Å². The van der Waals surface area contributed by atoms with Crippen LogP contribution in [0.2, 0.25) is 0 Å². The summed E-state index contributed by atoms with van der Waals surface area (Å²) in [6, 6.07) is 1.55. The minimum atomic E-state index is -0.217. The fourth-order valence-electron chi connectivity index (χ4n) is 1.43.